The van der Waals surface area contributed by atoms with E-state index in [1.54, 1.807) is 6.07 Å². The molecule has 6 rings (SSSR count). The first-order chi connectivity index (χ1) is 14.1. The van der Waals surface area contributed by atoms with Gasteiger partial charge in [0.25, 0.3) is 0 Å². The second-order valence-electron chi connectivity index (χ2n) is 9.82. The van der Waals surface area contributed by atoms with Gasteiger partial charge in [-0.3, -0.25) is 4.90 Å². The number of hydrogen-bond acceptors (Lipinski definition) is 6. The van der Waals surface area contributed by atoms with E-state index in [0.29, 0.717) is 18.6 Å². The van der Waals surface area contributed by atoms with Crippen molar-refractivity contribution in [3.8, 4) is 11.5 Å². The lowest BCUT2D eigenvalue weighted by molar-refractivity contribution is -0.217. The lowest BCUT2D eigenvalue weighted by Crippen LogP contribution is -2.77. The maximum absolute atomic E-state index is 12.3. The maximum atomic E-state index is 12.3. The van der Waals surface area contributed by atoms with Crippen LogP contribution in [0.2, 0.25) is 0 Å². The minimum Gasteiger partial charge on any atom is -0.504 e. The summed E-state index contributed by atoms with van der Waals surface area (Å²) in [5, 5.41) is 32.2. The Morgan fingerprint density at radius 1 is 1.21 bits per heavy atom. The fraction of sp³-hybridized carbons (Fsp3) is 0.739. The molecule has 1 spiro atoms. The molecule has 158 valence electrons. The number of aromatic hydroxyl groups is 1. The Hall–Kier alpha value is -1.34. The summed E-state index contributed by atoms with van der Waals surface area (Å²) in [7, 11) is 0. The smallest absolute Gasteiger partial charge is 0.165 e. The number of piperidine rings is 1. The molecule has 29 heavy (non-hydrogen) atoms. The van der Waals surface area contributed by atoms with E-state index in [9.17, 15) is 15.3 Å². The predicted molar refractivity (Wildman–Crippen MR) is 106 cm³/mol. The van der Waals surface area contributed by atoms with Crippen LogP contribution >= 0.6 is 0 Å². The van der Waals surface area contributed by atoms with Crippen molar-refractivity contribution in [2.75, 3.05) is 26.3 Å². The fourth-order valence-corrected chi connectivity index (χ4v) is 7.19. The van der Waals surface area contributed by atoms with Crippen LogP contribution in [0.5, 0.6) is 11.5 Å². The van der Waals surface area contributed by atoms with Crippen LogP contribution in [-0.2, 0) is 16.6 Å². The van der Waals surface area contributed by atoms with Gasteiger partial charge >= 0.3 is 0 Å². The number of phenols is 1. The van der Waals surface area contributed by atoms with Crippen molar-refractivity contribution >= 4 is 0 Å². The minimum absolute atomic E-state index is 0.0261. The fourth-order valence-electron chi connectivity index (χ4n) is 7.19. The van der Waals surface area contributed by atoms with Gasteiger partial charge in [0.1, 0.15) is 6.10 Å². The van der Waals surface area contributed by atoms with Gasteiger partial charge in [-0.25, -0.2) is 0 Å². The van der Waals surface area contributed by atoms with E-state index in [2.05, 4.69) is 4.90 Å². The van der Waals surface area contributed by atoms with Gasteiger partial charge in [0.15, 0.2) is 11.5 Å². The van der Waals surface area contributed by atoms with Crippen LogP contribution in [0.25, 0.3) is 0 Å². The molecule has 0 radical (unpaired) electrons. The Bertz CT molecular complexity index is 826. The molecule has 0 unspecified atom stereocenters. The molecule has 5 aliphatic rings. The quantitative estimate of drug-likeness (QED) is 0.697. The summed E-state index contributed by atoms with van der Waals surface area (Å²) < 4.78 is 12.4. The topological polar surface area (TPSA) is 82.4 Å². The van der Waals surface area contributed by atoms with Crippen LogP contribution in [0, 0.1) is 5.92 Å². The standard InChI is InChI=1S/C23H31NO5/c25-10-11-28-17-6-7-23(27)18-12-15-4-5-16(26)20-19(15)22(23,21(17)29-20)8-9-24(18)13-14-2-1-3-14/h4-5,14,17-18,21,25-27H,1-3,6-13H2/t17-,18+,21-,22-,23+/m0/s1. The Morgan fingerprint density at radius 2 is 2.07 bits per heavy atom. The van der Waals surface area contributed by atoms with Crippen molar-refractivity contribution in [1.82, 2.24) is 4.90 Å². The van der Waals surface area contributed by atoms with Crippen molar-refractivity contribution in [3.63, 3.8) is 0 Å². The number of hydrogen-bond donors (Lipinski definition) is 3. The molecule has 6 nitrogen and oxygen atoms in total. The molecule has 0 amide bonds. The van der Waals surface area contributed by atoms with E-state index >= 15 is 0 Å². The highest BCUT2D eigenvalue weighted by Crippen LogP contribution is 2.65. The number of nitrogens with zero attached hydrogens (tertiary/aromatic N) is 1. The average Bonchev–Trinajstić information content (AvgIpc) is 3.03. The second kappa shape index (κ2) is 6.33. The van der Waals surface area contributed by atoms with Gasteiger partial charge in [-0.2, -0.15) is 0 Å². The molecule has 3 N–H and O–H groups in total. The first-order valence-corrected chi connectivity index (χ1v) is 11.3. The lowest BCUT2D eigenvalue weighted by Gasteiger charge is -2.64. The first-order valence-electron chi connectivity index (χ1n) is 11.3. The third-order valence-corrected chi connectivity index (χ3v) is 8.66. The summed E-state index contributed by atoms with van der Waals surface area (Å²) in [6.07, 6.45) is 6.47. The molecule has 2 bridgehead atoms. The third kappa shape index (κ3) is 2.26. The van der Waals surface area contributed by atoms with Crippen LogP contribution in [-0.4, -0.2) is 70.4 Å². The van der Waals surface area contributed by atoms with E-state index in [0.717, 1.165) is 37.4 Å². The summed E-state index contributed by atoms with van der Waals surface area (Å²) in [4.78, 5) is 2.55. The molecule has 1 saturated heterocycles. The monoisotopic (exact) mass is 401 g/mol. The molecule has 0 aromatic heterocycles. The number of rotatable bonds is 5. The Kier molecular flexibility index (Phi) is 4.02. The normalized spacial score (nSPS) is 40.3. The minimum atomic E-state index is -0.870. The Labute approximate surface area is 171 Å². The van der Waals surface area contributed by atoms with Crippen molar-refractivity contribution in [3.05, 3.63) is 23.3 Å². The van der Waals surface area contributed by atoms with Gasteiger partial charge in [-0.15, -0.1) is 0 Å². The van der Waals surface area contributed by atoms with Crippen molar-refractivity contribution in [2.24, 2.45) is 5.92 Å². The van der Waals surface area contributed by atoms with E-state index in [1.165, 1.54) is 24.8 Å². The molecule has 6 heteroatoms. The molecule has 1 aromatic rings. The van der Waals surface area contributed by atoms with Crippen molar-refractivity contribution in [2.45, 2.75) is 74.2 Å². The van der Waals surface area contributed by atoms with Crippen LogP contribution in [0.3, 0.4) is 0 Å². The lowest BCUT2D eigenvalue weighted by atomic mass is 9.48. The van der Waals surface area contributed by atoms with E-state index in [1.807, 2.05) is 6.07 Å². The zero-order chi connectivity index (χ0) is 19.8. The molecule has 2 aliphatic heterocycles. The number of benzene rings is 1. The summed E-state index contributed by atoms with van der Waals surface area (Å²) in [6, 6.07) is 3.85. The molecule has 3 fully saturated rings. The third-order valence-electron chi connectivity index (χ3n) is 8.66. The summed E-state index contributed by atoms with van der Waals surface area (Å²) in [5.41, 5.74) is 0.830. The van der Waals surface area contributed by atoms with E-state index in [-0.39, 0.29) is 37.2 Å². The van der Waals surface area contributed by atoms with E-state index < -0.39 is 11.0 Å². The molecular weight excluding hydrogens is 370 g/mol. The predicted octanol–water partition coefficient (Wildman–Crippen LogP) is 1.72. The number of likely N-dealkylation sites (tertiary alicyclic amines) is 1. The highest BCUT2D eigenvalue weighted by molar-refractivity contribution is 5.62. The number of phenolic OH excluding ortho intramolecular Hbond substituents is 1. The first kappa shape index (κ1) is 18.4. The highest BCUT2D eigenvalue weighted by Gasteiger charge is 2.73. The highest BCUT2D eigenvalue weighted by atomic mass is 16.6. The van der Waals surface area contributed by atoms with Crippen molar-refractivity contribution < 1.29 is 24.8 Å². The number of aliphatic hydroxyl groups is 2. The van der Waals surface area contributed by atoms with Gasteiger partial charge in [-0.05, 0) is 62.6 Å². The zero-order valence-corrected chi connectivity index (χ0v) is 16.8. The second-order valence-corrected chi connectivity index (χ2v) is 9.82. The van der Waals surface area contributed by atoms with Crippen molar-refractivity contribution in [1.29, 1.82) is 0 Å². The molecular formula is C23H31NO5. The van der Waals surface area contributed by atoms with Crippen LogP contribution in [0.1, 0.15) is 49.7 Å². The van der Waals surface area contributed by atoms with Gasteiger partial charge in [0.2, 0.25) is 0 Å². The van der Waals surface area contributed by atoms with Crippen LogP contribution in [0.15, 0.2) is 12.1 Å². The average molecular weight is 402 g/mol. The zero-order valence-electron chi connectivity index (χ0n) is 16.8. The number of ether oxygens (including phenoxy) is 2. The SMILES string of the molecule is OCCO[C@H]1CC[C@@]2(O)[C@H]3Cc4ccc(O)c5c4[C@@]2(CCN3CC2CCC2)[C@H]1O5. The Morgan fingerprint density at radius 3 is 2.83 bits per heavy atom. The van der Waals surface area contributed by atoms with Crippen LogP contribution < -0.4 is 4.74 Å². The largest absolute Gasteiger partial charge is 0.504 e. The molecule has 3 aliphatic carbocycles. The van der Waals surface area contributed by atoms with Gasteiger partial charge in [-0.1, -0.05) is 12.5 Å². The summed E-state index contributed by atoms with van der Waals surface area (Å²) in [5.74, 6) is 1.48. The summed E-state index contributed by atoms with van der Waals surface area (Å²) >= 11 is 0. The molecule has 2 heterocycles. The number of aliphatic hydroxyl groups excluding tert-OH is 1. The maximum Gasteiger partial charge on any atom is 0.165 e. The van der Waals surface area contributed by atoms with Gasteiger partial charge in [0, 0.05) is 18.2 Å². The van der Waals surface area contributed by atoms with Gasteiger partial charge < -0.3 is 24.8 Å². The van der Waals surface area contributed by atoms with Gasteiger partial charge in [0.05, 0.1) is 30.3 Å². The molecule has 1 aromatic carbocycles. The molecule has 2 saturated carbocycles. The molecule has 5 atom stereocenters. The van der Waals surface area contributed by atoms with E-state index in [4.69, 9.17) is 9.47 Å². The summed E-state index contributed by atoms with van der Waals surface area (Å²) in [6.45, 7) is 2.27. The Balaban J connectivity index is 1.46. The van der Waals surface area contributed by atoms with Crippen LogP contribution in [0.4, 0.5) is 0 Å².